The molecule has 0 atom stereocenters. The molecule has 0 saturated heterocycles. The van der Waals surface area contributed by atoms with E-state index in [0.29, 0.717) is 6.42 Å². The van der Waals surface area contributed by atoms with Crippen LogP contribution in [0.15, 0.2) is 48.5 Å². The van der Waals surface area contributed by atoms with Gasteiger partial charge < -0.3 is 10.4 Å². The Labute approximate surface area is 126 Å². The van der Waals surface area contributed by atoms with Crippen LogP contribution in [0.25, 0.3) is 11.1 Å². The lowest BCUT2D eigenvalue weighted by atomic mass is 9.95. The summed E-state index contributed by atoms with van der Waals surface area (Å²) in [5.41, 5.74) is 5.14. The fraction of sp³-hybridized carbons (Fsp3) is 0.278. The number of hydrogen-bond donors (Lipinski definition) is 2. The number of carboxylic acid groups (broad SMARTS) is 1. The van der Waals surface area contributed by atoms with E-state index in [0.717, 1.165) is 5.56 Å². The quantitative estimate of drug-likeness (QED) is 0.774. The highest BCUT2D eigenvalue weighted by molar-refractivity contribution is 5.75. The fourth-order valence-corrected chi connectivity index (χ4v) is 1.79. The van der Waals surface area contributed by atoms with E-state index in [9.17, 15) is 4.79 Å². The molecule has 0 aliphatic heterocycles. The lowest BCUT2D eigenvalue weighted by molar-refractivity contribution is -0.136. The summed E-state index contributed by atoms with van der Waals surface area (Å²) in [6.07, 6.45) is 0.840. The van der Waals surface area contributed by atoms with Gasteiger partial charge in [-0.05, 0) is 49.7 Å². The summed E-state index contributed by atoms with van der Waals surface area (Å²) in [6, 6.07) is 16.3. The van der Waals surface area contributed by atoms with Crippen molar-refractivity contribution in [2.75, 3.05) is 14.1 Å². The molecule has 0 bridgehead atoms. The van der Waals surface area contributed by atoms with E-state index in [-0.39, 0.29) is 6.42 Å². The maximum absolute atomic E-state index is 10.3. The largest absolute Gasteiger partial charge is 0.481 e. The van der Waals surface area contributed by atoms with Crippen molar-refractivity contribution in [3.63, 3.8) is 0 Å². The fourth-order valence-electron chi connectivity index (χ4n) is 1.79. The third-order valence-electron chi connectivity index (χ3n) is 3.09. The van der Waals surface area contributed by atoms with Gasteiger partial charge in [0.15, 0.2) is 0 Å². The Kier molecular flexibility index (Phi) is 7.19. The normalized spacial score (nSPS) is 9.67. The summed E-state index contributed by atoms with van der Waals surface area (Å²) in [5.74, 6) is -0.738. The SMILES string of the molecule is CNC.Cc1ccccc1CCC(=O)O.c1cc2ccc1-2. The zero-order chi connectivity index (χ0) is 15.7. The van der Waals surface area contributed by atoms with Crippen molar-refractivity contribution in [1.82, 2.24) is 5.32 Å². The molecule has 0 unspecified atom stereocenters. The monoisotopic (exact) mass is 285 g/mol. The third-order valence-corrected chi connectivity index (χ3v) is 3.09. The number of carbonyl (C=O) groups is 1. The van der Waals surface area contributed by atoms with E-state index in [2.05, 4.69) is 29.6 Å². The van der Waals surface area contributed by atoms with E-state index < -0.39 is 5.97 Å². The number of rotatable bonds is 3. The topological polar surface area (TPSA) is 49.3 Å². The molecule has 0 saturated carbocycles. The first kappa shape index (κ1) is 16.9. The van der Waals surface area contributed by atoms with Crippen LogP contribution in [0.5, 0.6) is 0 Å². The van der Waals surface area contributed by atoms with Gasteiger partial charge in [-0.2, -0.15) is 0 Å². The summed E-state index contributed by atoms with van der Waals surface area (Å²) in [6.45, 7) is 2.00. The molecule has 0 heterocycles. The van der Waals surface area contributed by atoms with Gasteiger partial charge in [-0.3, -0.25) is 4.79 Å². The Morgan fingerprint density at radius 1 is 1.00 bits per heavy atom. The minimum Gasteiger partial charge on any atom is -0.481 e. The number of aliphatic carboxylic acids is 1. The van der Waals surface area contributed by atoms with Crippen molar-refractivity contribution < 1.29 is 9.90 Å². The van der Waals surface area contributed by atoms with Crippen molar-refractivity contribution in [1.29, 1.82) is 0 Å². The zero-order valence-corrected chi connectivity index (χ0v) is 12.9. The molecule has 0 fully saturated rings. The highest BCUT2D eigenvalue weighted by Gasteiger charge is 2.04. The number of aryl methyl sites for hydroxylation is 2. The molecule has 2 aliphatic carbocycles. The van der Waals surface area contributed by atoms with Crippen LogP contribution in [0, 0.1) is 6.92 Å². The lowest BCUT2D eigenvalue weighted by Gasteiger charge is -2.10. The Balaban J connectivity index is 0.000000201. The van der Waals surface area contributed by atoms with Crippen molar-refractivity contribution in [3.8, 4) is 11.1 Å². The van der Waals surface area contributed by atoms with Gasteiger partial charge in [0, 0.05) is 6.42 Å². The molecule has 3 heteroatoms. The first-order chi connectivity index (χ1) is 10.1. The highest BCUT2D eigenvalue weighted by atomic mass is 16.4. The molecule has 0 radical (unpaired) electrons. The molecule has 2 N–H and O–H groups in total. The summed E-state index contributed by atoms with van der Waals surface area (Å²) in [7, 11) is 3.75. The Bertz CT molecular complexity index is 541. The number of nitrogens with one attached hydrogen (secondary N) is 1. The number of benzene rings is 2. The van der Waals surface area contributed by atoms with Crippen molar-refractivity contribution in [2.24, 2.45) is 0 Å². The highest BCUT2D eigenvalue weighted by Crippen LogP contribution is 2.29. The summed E-state index contributed by atoms with van der Waals surface area (Å²) in [5, 5.41) is 11.2. The Morgan fingerprint density at radius 2 is 1.48 bits per heavy atom. The molecular formula is C18H23NO2. The molecule has 3 rings (SSSR count). The van der Waals surface area contributed by atoms with Gasteiger partial charge in [-0.1, -0.05) is 48.5 Å². The van der Waals surface area contributed by atoms with Gasteiger partial charge >= 0.3 is 5.97 Å². The van der Waals surface area contributed by atoms with Crippen LogP contribution in [0.3, 0.4) is 0 Å². The Morgan fingerprint density at radius 3 is 1.81 bits per heavy atom. The predicted octanol–water partition coefficient (Wildman–Crippen LogP) is 3.51. The van der Waals surface area contributed by atoms with Crippen LogP contribution in [-0.2, 0) is 11.2 Å². The standard InChI is InChI=1S/C10H12O2.C6H4.C2H7N/c1-8-4-2-3-5-9(8)6-7-10(11)12;1-2-6-4-3-5(1)6;1-3-2/h2-5H,6-7H2,1H3,(H,11,12);1-4H;3H,1-2H3. The molecule has 112 valence electrons. The van der Waals surface area contributed by atoms with Crippen LogP contribution in [0.1, 0.15) is 17.5 Å². The van der Waals surface area contributed by atoms with E-state index >= 15 is 0 Å². The van der Waals surface area contributed by atoms with E-state index in [1.807, 2.05) is 45.3 Å². The second kappa shape index (κ2) is 8.93. The van der Waals surface area contributed by atoms with Crippen LogP contribution in [0.2, 0.25) is 0 Å². The Hall–Kier alpha value is -2.13. The number of carboxylic acids is 1. The smallest absolute Gasteiger partial charge is 0.303 e. The summed E-state index contributed by atoms with van der Waals surface area (Å²) < 4.78 is 0. The van der Waals surface area contributed by atoms with Gasteiger partial charge in [0.25, 0.3) is 0 Å². The molecule has 21 heavy (non-hydrogen) atoms. The van der Waals surface area contributed by atoms with Crippen molar-refractivity contribution in [2.45, 2.75) is 19.8 Å². The number of hydrogen-bond acceptors (Lipinski definition) is 2. The second-order valence-electron chi connectivity index (χ2n) is 4.90. The van der Waals surface area contributed by atoms with Gasteiger partial charge in [0.2, 0.25) is 0 Å². The van der Waals surface area contributed by atoms with Gasteiger partial charge in [-0.25, -0.2) is 0 Å². The second-order valence-corrected chi connectivity index (χ2v) is 4.90. The molecule has 1 aromatic rings. The number of fused-ring (bicyclic) bond motifs is 1. The minimum atomic E-state index is -0.738. The predicted molar refractivity (Wildman–Crippen MR) is 87.6 cm³/mol. The first-order valence-corrected chi connectivity index (χ1v) is 7.03. The van der Waals surface area contributed by atoms with Crippen molar-refractivity contribution in [3.05, 3.63) is 59.7 Å². The molecule has 0 spiro atoms. The minimum absolute atomic E-state index is 0.213. The molecule has 1 aromatic carbocycles. The van der Waals surface area contributed by atoms with E-state index in [1.165, 1.54) is 16.7 Å². The molecule has 0 aromatic heterocycles. The average molecular weight is 285 g/mol. The van der Waals surface area contributed by atoms with Gasteiger partial charge in [0.05, 0.1) is 0 Å². The van der Waals surface area contributed by atoms with E-state index in [1.54, 1.807) is 0 Å². The molecule has 3 nitrogen and oxygen atoms in total. The van der Waals surface area contributed by atoms with E-state index in [4.69, 9.17) is 5.11 Å². The first-order valence-electron chi connectivity index (χ1n) is 7.03. The summed E-state index contributed by atoms with van der Waals surface area (Å²) in [4.78, 5) is 10.3. The third kappa shape index (κ3) is 5.79. The molecule has 2 aliphatic rings. The summed E-state index contributed by atoms with van der Waals surface area (Å²) >= 11 is 0. The van der Waals surface area contributed by atoms with Crippen LogP contribution in [-0.4, -0.2) is 25.2 Å². The van der Waals surface area contributed by atoms with Gasteiger partial charge in [0.1, 0.15) is 0 Å². The molecular weight excluding hydrogens is 262 g/mol. The zero-order valence-electron chi connectivity index (χ0n) is 12.9. The lowest BCUT2D eigenvalue weighted by Crippen LogP contribution is -1.98. The van der Waals surface area contributed by atoms with Gasteiger partial charge in [-0.15, -0.1) is 0 Å². The van der Waals surface area contributed by atoms with Crippen LogP contribution < -0.4 is 5.32 Å². The average Bonchev–Trinajstić information content (AvgIpc) is 2.43. The maximum atomic E-state index is 10.3. The van der Waals surface area contributed by atoms with Crippen LogP contribution in [0.4, 0.5) is 0 Å². The van der Waals surface area contributed by atoms with Crippen LogP contribution >= 0.6 is 0 Å². The molecule has 0 amide bonds. The maximum Gasteiger partial charge on any atom is 0.303 e. The van der Waals surface area contributed by atoms with Crippen molar-refractivity contribution >= 4 is 5.97 Å².